The fourth-order valence-electron chi connectivity index (χ4n) is 3.62. The quantitative estimate of drug-likeness (QED) is 0.548. The second kappa shape index (κ2) is 8.20. The third kappa shape index (κ3) is 3.76. The Hall–Kier alpha value is -3.32. The number of rotatable bonds is 8. The predicted octanol–water partition coefficient (Wildman–Crippen LogP) is 4.33. The van der Waals surface area contributed by atoms with Crippen LogP contribution in [0.25, 0.3) is 10.8 Å². The van der Waals surface area contributed by atoms with E-state index in [1.165, 1.54) is 4.31 Å². The molecule has 1 heterocycles. The molecule has 1 N–H and O–H groups in total. The van der Waals surface area contributed by atoms with Gasteiger partial charge < -0.3 is 10.1 Å². The Morgan fingerprint density at radius 2 is 1.87 bits per heavy atom. The molecule has 0 aromatic heterocycles. The number of carbonyl (C=O) groups excluding carboxylic acids is 1. The van der Waals surface area contributed by atoms with Gasteiger partial charge in [-0.15, -0.1) is 0 Å². The Labute approximate surface area is 175 Å². The smallest absolute Gasteiger partial charge is 0.265 e. The fraction of sp³-hybridized carbons (Fsp3) is 0.174. The molecule has 0 spiro atoms. The average Bonchev–Trinajstić information content (AvgIpc) is 2.96. The number of hydrogen-bond acceptors (Lipinski definition) is 4. The summed E-state index contributed by atoms with van der Waals surface area (Å²) in [6.07, 6.45) is 2.26. The number of anilines is 2. The molecule has 0 saturated carbocycles. The van der Waals surface area contributed by atoms with Crippen molar-refractivity contribution in [3.8, 4) is 5.75 Å². The first-order valence-electron chi connectivity index (χ1n) is 9.69. The lowest BCUT2D eigenvalue weighted by atomic mass is 10.1. The lowest BCUT2D eigenvalue weighted by molar-refractivity contribution is -0.116. The second-order valence-electron chi connectivity index (χ2n) is 6.99. The van der Waals surface area contributed by atoms with Crippen molar-refractivity contribution in [3.63, 3.8) is 0 Å². The van der Waals surface area contributed by atoms with Crippen molar-refractivity contribution in [1.29, 1.82) is 0 Å². The number of benzene rings is 3. The van der Waals surface area contributed by atoms with Gasteiger partial charge in [-0.05, 0) is 36.1 Å². The van der Waals surface area contributed by atoms with Crippen LogP contribution in [0.5, 0.6) is 5.75 Å². The number of nitrogens with zero attached hydrogens (tertiary/aromatic N) is 1. The number of hydrogen-bond donors (Lipinski definition) is 1. The van der Waals surface area contributed by atoms with Crippen molar-refractivity contribution in [2.45, 2.75) is 17.7 Å². The van der Waals surface area contributed by atoms with Gasteiger partial charge >= 0.3 is 0 Å². The fourth-order valence-corrected chi connectivity index (χ4v) is 5.37. The molecule has 0 radical (unpaired) electrons. The lowest BCUT2D eigenvalue weighted by Crippen LogP contribution is -2.28. The molecule has 6 nitrogen and oxygen atoms in total. The van der Waals surface area contributed by atoms with Crippen molar-refractivity contribution in [3.05, 3.63) is 73.3 Å². The number of carbonyl (C=O) groups is 1. The van der Waals surface area contributed by atoms with E-state index >= 15 is 0 Å². The maximum atomic E-state index is 13.0. The summed E-state index contributed by atoms with van der Waals surface area (Å²) in [5, 5.41) is 4.48. The molecule has 4 rings (SSSR count). The highest BCUT2D eigenvalue weighted by molar-refractivity contribution is 7.93. The molecule has 154 valence electrons. The molecule has 30 heavy (non-hydrogen) atoms. The van der Waals surface area contributed by atoms with Crippen LogP contribution in [0.15, 0.2) is 78.2 Å². The molecule has 0 saturated heterocycles. The molecule has 0 atom stereocenters. The van der Waals surface area contributed by atoms with Crippen LogP contribution in [0.1, 0.15) is 12.8 Å². The number of amides is 1. The van der Waals surface area contributed by atoms with Gasteiger partial charge in [0.2, 0.25) is 5.91 Å². The van der Waals surface area contributed by atoms with E-state index in [0.717, 1.165) is 10.8 Å². The minimum atomic E-state index is -3.59. The SMILES string of the molecule is C=CCOc1cccc(NC(=O)CCCN2c3cccc4cccc(c34)S2(=O)=O)c1. The van der Waals surface area contributed by atoms with Gasteiger partial charge in [-0.3, -0.25) is 9.10 Å². The molecule has 0 aliphatic carbocycles. The minimum Gasteiger partial charge on any atom is -0.489 e. The van der Waals surface area contributed by atoms with Crippen LogP contribution in [0.2, 0.25) is 0 Å². The number of ether oxygens (including phenoxy) is 1. The van der Waals surface area contributed by atoms with Gasteiger partial charge in [-0.2, -0.15) is 0 Å². The summed E-state index contributed by atoms with van der Waals surface area (Å²) in [7, 11) is -3.59. The highest BCUT2D eigenvalue weighted by Crippen LogP contribution is 2.41. The Kier molecular flexibility index (Phi) is 5.46. The van der Waals surface area contributed by atoms with E-state index < -0.39 is 10.0 Å². The van der Waals surface area contributed by atoms with Crippen LogP contribution in [-0.4, -0.2) is 27.5 Å². The van der Waals surface area contributed by atoms with E-state index in [1.807, 2.05) is 24.3 Å². The van der Waals surface area contributed by atoms with Crippen LogP contribution in [0.3, 0.4) is 0 Å². The third-order valence-electron chi connectivity index (χ3n) is 4.93. The molecule has 3 aromatic carbocycles. The van der Waals surface area contributed by atoms with Crippen molar-refractivity contribution >= 4 is 38.1 Å². The van der Waals surface area contributed by atoms with Gasteiger partial charge in [0, 0.05) is 30.1 Å². The highest BCUT2D eigenvalue weighted by Gasteiger charge is 2.34. The first kappa shape index (κ1) is 20.0. The van der Waals surface area contributed by atoms with Crippen LogP contribution >= 0.6 is 0 Å². The van der Waals surface area contributed by atoms with Crippen LogP contribution in [0, 0.1) is 0 Å². The van der Waals surface area contributed by atoms with Gasteiger partial charge in [0.05, 0.1) is 10.6 Å². The van der Waals surface area contributed by atoms with Gasteiger partial charge in [0.15, 0.2) is 0 Å². The normalized spacial score (nSPS) is 13.9. The Morgan fingerprint density at radius 1 is 1.10 bits per heavy atom. The van der Waals surface area contributed by atoms with E-state index in [1.54, 1.807) is 42.5 Å². The summed E-state index contributed by atoms with van der Waals surface area (Å²) in [5.41, 5.74) is 1.31. The standard InChI is InChI=1S/C23H22N2O4S/c1-2-15-29-19-10-5-9-18(16-19)24-22(26)13-6-14-25-20-11-3-7-17-8-4-12-21(23(17)20)30(25,27)28/h2-5,7-12,16H,1,6,13-15H2,(H,24,26). The van der Waals surface area contributed by atoms with Gasteiger partial charge in [0.25, 0.3) is 10.0 Å². The van der Waals surface area contributed by atoms with Crippen molar-refractivity contribution < 1.29 is 17.9 Å². The zero-order valence-electron chi connectivity index (χ0n) is 16.4. The molecule has 7 heteroatoms. The van der Waals surface area contributed by atoms with Gasteiger partial charge in [0.1, 0.15) is 12.4 Å². The topological polar surface area (TPSA) is 75.7 Å². The maximum Gasteiger partial charge on any atom is 0.265 e. The third-order valence-corrected chi connectivity index (χ3v) is 6.79. The first-order chi connectivity index (χ1) is 14.5. The van der Waals surface area contributed by atoms with E-state index in [4.69, 9.17) is 4.74 Å². The van der Waals surface area contributed by atoms with Crippen molar-refractivity contribution in [1.82, 2.24) is 0 Å². The summed E-state index contributed by atoms with van der Waals surface area (Å²) in [5.74, 6) is 0.463. The van der Waals surface area contributed by atoms with Crippen molar-refractivity contribution in [2.75, 3.05) is 22.8 Å². The average molecular weight is 423 g/mol. The Bertz CT molecular complexity index is 1220. The minimum absolute atomic E-state index is 0.178. The first-order valence-corrected chi connectivity index (χ1v) is 11.1. The van der Waals surface area contributed by atoms with Gasteiger partial charge in [-0.25, -0.2) is 8.42 Å². The van der Waals surface area contributed by atoms with E-state index in [2.05, 4.69) is 11.9 Å². The molecular formula is C23H22N2O4S. The van der Waals surface area contributed by atoms with Crippen LogP contribution < -0.4 is 14.4 Å². The summed E-state index contributed by atoms with van der Waals surface area (Å²) in [4.78, 5) is 12.7. The molecule has 3 aromatic rings. The Balaban J connectivity index is 1.40. The second-order valence-corrected chi connectivity index (χ2v) is 8.82. The van der Waals surface area contributed by atoms with Gasteiger partial charge in [-0.1, -0.05) is 43.0 Å². The predicted molar refractivity (Wildman–Crippen MR) is 118 cm³/mol. The Morgan fingerprint density at radius 3 is 2.67 bits per heavy atom. The summed E-state index contributed by atoms with van der Waals surface area (Å²) < 4.78 is 32.8. The summed E-state index contributed by atoms with van der Waals surface area (Å²) >= 11 is 0. The number of nitrogens with one attached hydrogen (secondary N) is 1. The largest absolute Gasteiger partial charge is 0.489 e. The van der Waals surface area contributed by atoms with Crippen molar-refractivity contribution in [2.24, 2.45) is 0 Å². The number of sulfonamides is 1. The molecular weight excluding hydrogens is 400 g/mol. The zero-order chi connectivity index (χ0) is 21.1. The molecule has 0 unspecified atom stereocenters. The molecule has 1 aliphatic rings. The van der Waals surface area contributed by atoms with Crippen LogP contribution in [-0.2, 0) is 14.8 Å². The molecule has 0 bridgehead atoms. The van der Waals surface area contributed by atoms with E-state index in [9.17, 15) is 13.2 Å². The van der Waals surface area contributed by atoms with E-state index in [-0.39, 0.29) is 18.9 Å². The molecule has 1 amide bonds. The molecule has 0 fully saturated rings. The molecule has 1 aliphatic heterocycles. The van der Waals surface area contributed by atoms with Crippen LogP contribution in [0.4, 0.5) is 11.4 Å². The maximum absolute atomic E-state index is 13.0. The van der Waals surface area contributed by atoms with E-state index in [0.29, 0.717) is 35.0 Å². The highest BCUT2D eigenvalue weighted by atomic mass is 32.2. The lowest BCUT2D eigenvalue weighted by Gasteiger charge is -2.18. The summed E-state index contributed by atoms with van der Waals surface area (Å²) in [6, 6.07) is 18.0. The monoisotopic (exact) mass is 422 g/mol. The summed E-state index contributed by atoms with van der Waals surface area (Å²) in [6.45, 7) is 4.23. The zero-order valence-corrected chi connectivity index (χ0v) is 17.2.